The van der Waals surface area contributed by atoms with E-state index >= 15 is 0 Å². The monoisotopic (exact) mass is 316 g/mol. The number of amides is 2. The molecule has 0 bridgehead atoms. The summed E-state index contributed by atoms with van der Waals surface area (Å²) in [6, 6.07) is 20.5. The van der Waals surface area contributed by atoms with Gasteiger partial charge in [0, 0.05) is 5.92 Å². The zero-order valence-electron chi connectivity index (χ0n) is 13.6. The Balaban J connectivity index is 1.83. The first kappa shape index (κ1) is 14.9. The maximum Gasteiger partial charge on any atom is 0.341 e. The summed E-state index contributed by atoms with van der Waals surface area (Å²) in [7, 11) is 0. The van der Waals surface area contributed by atoms with Crippen LogP contribution in [0.25, 0.3) is 0 Å². The van der Waals surface area contributed by atoms with Crippen LogP contribution in [0.15, 0.2) is 77.3 Å². The quantitative estimate of drug-likeness (QED) is 0.861. The van der Waals surface area contributed by atoms with E-state index in [-0.39, 0.29) is 18.0 Å². The standard InChI is InChI=1S/C21H20N2O/c1-14-12-17(15-8-4-2-5-9-15)19-18(13-14)22-21(24)23-20(19)16-10-6-3-7-11-16/h2-11,13,17,19-20H,12H2,1H3,(H,23,24). The fraction of sp³-hybridized carbons (Fsp3) is 0.238. The molecule has 3 heteroatoms. The van der Waals surface area contributed by atoms with Crippen molar-refractivity contribution in [3.05, 3.63) is 83.4 Å². The third-order valence-corrected chi connectivity index (χ3v) is 4.97. The summed E-state index contributed by atoms with van der Waals surface area (Å²) in [5.74, 6) is 0.483. The maximum absolute atomic E-state index is 12.1. The van der Waals surface area contributed by atoms with Gasteiger partial charge in [-0.15, -0.1) is 0 Å². The minimum absolute atomic E-state index is 0.0410. The van der Waals surface area contributed by atoms with Crippen molar-refractivity contribution in [3.63, 3.8) is 0 Å². The van der Waals surface area contributed by atoms with Gasteiger partial charge in [-0.25, -0.2) is 4.79 Å². The van der Waals surface area contributed by atoms with E-state index in [9.17, 15) is 4.79 Å². The van der Waals surface area contributed by atoms with Gasteiger partial charge in [0.15, 0.2) is 0 Å². The summed E-state index contributed by atoms with van der Waals surface area (Å²) in [6.45, 7) is 2.12. The molecule has 0 fully saturated rings. The van der Waals surface area contributed by atoms with Crippen LogP contribution < -0.4 is 5.32 Å². The Morgan fingerprint density at radius 3 is 2.25 bits per heavy atom. The molecule has 2 amide bonds. The lowest BCUT2D eigenvalue weighted by atomic mass is 9.69. The van der Waals surface area contributed by atoms with E-state index in [4.69, 9.17) is 0 Å². The molecule has 3 nitrogen and oxygen atoms in total. The molecular weight excluding hydrogens is 296 g/mol. The molecule has 2 aliphatic rings. The van der Waals surface area contributed by atoms with Crippen LogP contribution >= 0.6 is 0 Å². The molecule has 3 unspecified atom stereocenters. The second-order valence-corrected chi connectivity index (χ2v) is 6.61. The van der Waals surface area contributed by atoms with Gasteiger partial charge >= 0.3 is 6.03 Å². The van der Waals surface area contributed by atoms with Crippen molar-refractivity contribution in [1.82, 2.24) is 5.32 Å². The van der Waals surface area contributed by atoms with Crippen LogP contribution in [0.1, 0.15) is 36.4 Å². The highest BCUT2D eigenvalue weighted by atomic mass is 16.2. The number of fused-ring (bicyclic) bond motifs is 1. The zero-order chi connectivity index (χ0) is 16.5. The highest BCUT2D eigenvalue weighted by molar-refractivity contribution is 6.07. The van der Waals surface area contributed by atoms with E-state index in [1.165, 1.54) is 11.1 Å². The Labute approximate surface area is 142 Å². The Morgan fingerprint density at radius 2 is 1.58 bits per heavy atom. The van der Waals surface area contributed by atoms with Crippen molar-refractivity contribution in [2.24, 2.45) is 10.9 Å². The molecule has 1 N–H and O–H groups in total. The predicted octanol–water partition coefficient (Wildman–Crippen LogP) is 4.64. The molecule has 2 aromatic carbocycles. The van der Waals surface area contributed by atoms with Gasteiger partial charge in [-0.05, 0) is 36.5 Å². The summed E-state index contributed by atoms with van der Waals surface area (Å²) in [5.41, 5.74) is 4.63. The predicted molar refractivity (Wildman–Crippen MR) is 96.2 cm³/mol. The SMILES string of the molecule is CC1=CC2=NC(=O)NC(c3ccccc3)C2C(c2ccccc2)C1. The van der Waals surface area contributed by atoms with E-state index in [0.29, 0.717) is 5.92 Å². The number of benzene rings is 2. The van der Waals surface area contributed by atoms with Crippen LogP contribution in [0.3, 0.4) is 0 Å². The summed E-state index contributed by atoms with van der Waals surface area (Å²) in [5, 5.41) is 3.09. The maximum atomic E-state index is 12.1. The molecule has 0 spiro atoms. The Morgan fingerprint density at radius 1 is 0.958 bits per heavy atom. The summed E-state index contributed by atoms with van der Waals surface area (Å²) in [6.07, 6.45) is 3.09. The van der Waals surface area contributed by atoms with Gasteiger partial charge in [0.25, 0.3) is 0 Å². The van der Waals surface area contributed by atoms with E-state index < -0.39 is 0 Å². The van der Waals surface area contributed by atoms with Crippen molar-refractivity contribution in [2.75, 3.05) is 0 Å². The fourth-order valence-corrected chi connectivity index (χ4v) is 3.95. The molecule has 2 aromatic rings. The van der Waals surface area contributed by atoms with Crippen LogP contribution in [0.4, 0.5) is 4.79 Å². The third kappa shape index (κ3) is 2.67. The Kier molecular flexibility index (Phi) is 3.77. The minimum atomic E-state index is -0.243. The molecular formula is C21H20N2O. The average molecular weight is 316 g/mol. The lowest BCUT2D eigenvalue weighted by molar-refractivity contribution is 0.237. The number of hydrogen-bond acceptors (Lipinski definition) is 1. The van der Waals surface area contributed by atoms with Crippen LogP contribution in [0.2, 0.25) is 0 Å². The van der Waals surface area contributed by atoms with Gasteiger partial charge in [-0.2, -0.15) is 4.99 Å². The lowest BCUT2D eigenvalue weighted by Crippen LogP contribution is -2.44. The number of carbonyl (C=O) groups excluding carboxylic acids is 1. The fourth-order valence-electron chi connectivity index (χ4n) is 3.95. The zero-order valence-corrected chi connectivity index (χ0v) is 13.6. The van der Waals surface area contributed by atoms with E-state index in [2.05, 4.69) is 59.7 Å². The molecule has 0 saturated carbocycles. The smallest absolute Gasteiger partial charge is 0.329 e. The number of allylic oxidation sites excluding steroid dienone is 2. The molecule has 24 heavy (non-hydrogen) atoms. The second kappa shape index (κ2) is 6.08. The van der Waals surface area contributed by atoms with Crippen molar-refractivity contribution in [3.8, 4) is 0 Å². The number of hydrogen-bond donors (Lipinski definition) is 1. The normalized spacial score (nSPS) is 26.0. The number of carbonyl (C=O) groups is 1. The molecule has 0 radical (unpaired) electrons. The van der Waals surface area contributed by atoms with E-state index in [0.717, 1.165) is 17.7 Å². The first-order chi connectivity index (χ1) is 11.7. The van der Waals surface area contributed by atoms with Crippen molar-refractivity contribution in [1.29, 1.82) is 0 Å². The van der Waals surface area contributed by atoms with Crippen molar-refractivity contribution >= 4 is 11.7 Å². The second-order valence-electron chi connectivity index (χ2n) is 6.61. The minimum Gasteiger partial charge on any atom is -0.329 e. The van der Waals surface area contributed by atoms with Gasteiger partial charge in [-0.1, -0.05) is 66.2 Å². The van der Waals surface area contributed by atoms with Crippen LogP contribution in [0, 0.1) is 5.92 Å². The van der Waals surface area contributed by atoms with Gasteiger partial charge < -0.3 is 5.32 Å². The molecule has 1 aliphatic heterocycles. The first-order valence-corrected chi connectivity index (χ1v) is 8.38. The highest BCUT2D eigenvalue weighted by Gasteiger charge is 2.40. The van der Waals surface area contributed by atoms with Crippen LogP contribution in [0.5, 0.6) is 0 Å². The number of rotatable bonds is 2. The van der Waals surface area contributed by atoms with Gasteiger partial charge in [-0.3, -0.25) is 0 Å². The van der Waals surface area contributed by atoms with Crippen LogP contribution in [-0.4, -0.2) is 11.7 Å². The van der Waals surface area contributed by atoms with Gasteiger partial charge in [0.1, 0.15) is 0 Å². The summed E-state index contributed by atoms with van der Waals surface area (Å²) in [4.78, 5) is 16.4. The number of urea groups is 1. The molecule has 3 atom stereocenters. The molecule has 1 aliphatic carbocycles. The number of nitrogens with zero attached hydrogens (tertiary/aromatic N) is 1. The Bertz CT molecular complexity index is 808. The molecule has 120 valence electrons. The lowest BCUT2D eigenvalue weighted by Gasteiger charge is -2.40. The van der Waals surface area contributed by atoms with Crippen molar-refractivity contribution in [2.45, 2.75) is 25.3 Å². The average Bonchev–Trinajstić information content (AvgIpc) is 2.61. The largest absolute Gasteiger partial charge is 0.341 e. The summed E-state index contributed by atoms with van der Waals surface area (Å²) >= 11 is 0. The number of nitrogens with one attached hydrogen (secondary N) is 1. The van der Waals surface area contributed by atoms with Gasteiger partial charge in [0.2, 0.25) is 0 Å². The number of aliphatic imine (C=N–C) groups is 1. The van der Waals surface area contributed by atoms with Crippen LogP contribution in [-0.2, 0) is 0 Å². The first-order valence-electron chi connectivity index (χ1n) is 8.38. The topological polar surface area (TPSA) is 41.5 Å². The molecule has 4 rings (SSSR count). The van der Waals surface area contributed by atoms with E-state index in [1.807, 2.05) is 24.3 Å². The van der Waals surface area contributed by atoms with Crippen molar-refractivity contribution < 1.29 is 4.79 Å². The van der Waals surface area contributed by atoms with E-state index in [1.54, 1.807) is 0 Å². The molecule has 1 heterocycles. The third-order valence-electron chi connectivity index (χ3n) is 4.97. The highest BCUT2D eigenvalue weighted by Crippen LogP contribution is 2.44. The Hall–Kier alpha value is -2.68. The molecule has 0 saturated heterocycles. The summed E-state index contributed by atoms with van der Waals surface area (Å²) < 4.78 is 0. The molecule has 0 aromatic heterocycles. The van der Waals surface area contributed by atoms with Gasteiger partial charge in [0.05, 0.1) is 11.8 Å².